The lowest BCUT2D eigenvalue weighted by atomic mass is 9.86. The van der Waals surface area contributed by atoms with Crippen molar-refractivity contribution in [2.45, 2.75) is 40.2 Å². The van der Waals surface area contributed by atoms with Gasteiger partial charge >= 0.3 is 0 Å². The van der Waals surface area contributed by atoms with Crippen molar-refractivity contribution in [3.8, 4) is 11.4 Å². The zero-order valence-electron chi connectivity index (χ0n) is 13.6. The fraction of sp³-hybridized carbons (Fsp3) is 0.350. The molecule has 1 aliphatic rings. The fourth-order valence-corrected chi connectivity index (χ4v) is 3.60. The molecule has 1 aliphatic heterocycles. The summed E-state index contributed by atoms with van der Waals surface area (Å²) in [6.45, 7) is 7.99. The van der Waals surface area contributed by atoms with Crippen molar-refractivity contribution in [1.82, 2.24) is 9.55 Å². The Bertz CT molecular complexity index is 836. The summed E-state index contributed by atoms with van der Waals surface area (Å²) in [6.07, 6.45) is 2.27. The van der Waals surface area contributed by atoms with Crippen LogP contribution in [0, 0.1) is 5.41 Å². The van der Waals surface area contributed by atoms with Gasteiger partial charge in [0, 0.05) is 12.1 Å². The zero-order chi connectivity index (χ0) is 15.3. The SMILES string of the molecule is CC(C)(C)Cc1ccc2nc(-c3ccccc3)n3c2c1CC3. The van der Waals surface area contributed by atoms with Crippen molar-refractivity contribution in [2.24, 2.45) is 5.41 Å². The van der Waals surface area contributed by atoms with Crippen LogP contribution >= 0.6 is 0 Å². The number of aryl methyl sites for hydroxylation is 2. The Morgan fingerprint density at radius 2 is 1.82 bits per heavy atom. The molecule has 2 heteroatoms. The summed E-state index contributed by atoms with van der Waals surface area (Å²) in [4.78, 5) is 4.90. The quantitative estimate of drug-likeness (QED) is 0.660. The van der Waals surface area contributed by atoms with Gasteiger partial charge in [-0.2, -0.15) is 0 Å². The zero-order valence-corrected chi connectivity index (χ0v) is 13.6. The van der Waals surface area contributed by atoms with Crippen LogP contribution in [0.3, 0.4) is 0 Å². The smallest absolute Gasteiger partial charge is 0.141 e. The van der Waals surface area contributed by atoms with Crippen LogP contribution < -0.4 is 0 Å². The summed E-state index contributed by atoms with van der Waals surface area (Å²) in [6, 6.07) is 15.0. The Morgan fingerprint density at radius 1 is 1.05 bits per heavy atom. The van der Waals surface area contributed by atoms with Crippen LogP contribution in [-0.2, 0) is 19.4 Å². The molecular weight excluding hydrogens is 268 g/mol. The molecule has 0 spiro atoms. The Kier molecular flexibility index (Phi) is 2.90. The van der Waals surface area contributed by atoms with Gasteiger partial charge in [-0.25, -0.2) is 4.98 Å². The Hall–Kier alpha value is -2.09. The number of benzene rings is 2. The molecule has 3 aromatic rings. The first-order valence-corrected chi connectivity index (χ1v) is 8.09. The van der Waals surface area contributed by atoms with E-state index in [1.807, 2.05) is 0 Å². The van der Waals surface area contributed by atoms with Gasteiger partial charge in [-0.1, -0.05) is 57.2 Å². The number of hydrogen-bond donors (Lipinski definition) is 0. The van der Waals surface area contributed by atoms with Crippen LogP contribution in [0.25, 0.3) is 22.4 Å². The van der Waals surface area contributed by atoms with E-state index in [2.05, 4.69) is 67.8 Å². The summed E-state index contributed by atoms with van der Waals surface area (Å²) in [7, 11) is 0. The molecule has 0 N–H and O–H groups in total. The van der Waals surface area contributed by atoms with Gasteiger partial charge in [0.1, 0.15) is 5.82 Å². The molecule has 112 valence electrons. The van der Waals surface area contributed by atoms with Gasteiger partial charge in [0.25, 0.3) is 0 Å². The van der Waals surface area contributed by atoms with Gasteiger partial charge in [0.15, 0.2) is 0 Å². The first kappa shape index (κ1) is 13.6. The highest BCUT2D eigenvalue weighted by molar-refractivity contribution is 5.86. The van der Waals surface area contributed by atoms with E-state index < -0.39 is 0 Å². The molecule has 0 unspecified atom stereocenters. The highest BCUT2D eigenvalue weighted by Gasteiger charge is 2.24. The minimum Gasteiger partial charge on any atom is -0.323 e. The van der Waals surface area contributed by atoms with Crippen LogP contribution in [0.1, 0.15) is 31.9 Å². The topological polar surface area (TPSA) is 17.8 Å². The lowest BCUT2D eigenvalue weighted by Gasteiger charge is -2.19. The van der Waals surface area contributed by atoms with E-state index in [4.69, 9.17) is 4.98 Å². The molecule has 2 nitrogen and oxygen atoms in total. The Morgan fingerprint density at radius 3 is 2.55 bits per heavy atom. The molecule has 0 aliphatic carbocycles. The third kappa shape index (κ3) is 2.14. The third-order valence-electron chi connectivity index (χ3n) is 4.45. The predicted molar refractivity (Wildman–Crippen MR) is 92.0 cm³/mol. The lowest BCUT2D eigenvalue weighted by Crippen LogP contribution is -2.10. The maximum Gasteiger partial charge on any atom is 0.141 e. The van der Waals surface area contributed by atoms with Crippen LogP contribution in [-0.4, -0.2) is 9.55 Å². The monoisotopic (exact) mass is 290 g/mol. The summed E-state index contributed by atoms with van der Waals surface area (Å²) in [5, 5.41) is 0. The molecule has 0 amide bonds. The molecule has 1 aromatic heterocycles. The molecular formula is C20H22N2. The van der Waals surface area contributed by atoms with Crippen molar-refractivity contribution >= 4 is 11.0 Å². The molecule has 0 fully saturated rings. The molecule has 0 radical (unpaired) electrons. The van der Waals surface area contributed by atoms with E-state index in [1.54, 1.807) is 0 Å². The number of imidazole rings is 1. The second kappa shape index (κ2) is 4.70. The summed E-state index contributed by atoms with van der Waals surface area (Å²) in [5.41, 5.74) is 7.05. The van der Waals surface area contributed by atoms with Gasteiger partial charge in [-0.15, -0.1) is 0 Å². The van der Waals surface area contributed by atoms with Crippen LogP contribution in [0.5, 0.6) is 0 Å². The van der Waals surface area contributed by atoms with E-state index in [9.17, 15) is 0 Å². The third-order valence-corrected chi connectivity index (χ3v) is 4.45. The number of nitrogens with zero attached hydrogens (tertiary/aromatic N) is 2. The first-order chi connectivity index (χ1) is 10.5. The van der Waals surface area contributed by atoms with E-state index in [0.717, 1.165) is 30.7 Å². The molecule has 2 heterocycles. The van der Waals surface area contributed by atoms with Gasteiger partial charge in [-0.3, -0.25) is 0 Å². The van der Waals surface area contributed by atoms with Crippen LogP contribution in [0.4, 0.5) is 0 Å². The minimum absolute atomic E-state index is 0.319. The average Bonchev–Trinajstić information content (AvgIpc) is 3.05. The number of rotatable bonds is 2. The molecule has 4 rings (SSSR count). The normalized spacial score (nSPS) is 14.0. The molecule has 0 saturated heterocycles. The van der Waals surface area contributed by atoms with Crippen molar-refractivity contribution in [3.05, 3.63) is 53.6 Å². The van der Waals surface area contributed by atoms with Crippen molar-refractivity contribution in [1.29, 1.82) is 0 Å². The summed E-state index contributed by atoms with van der Waals surface area (Å²) in [5.74, 6) is 1.11. The largest absolute Gasteiger partial charge is 0.323 e. The summed E-state index contributed by atoms with van der Waals surface area (Å²) < 4.78 is 2.41. The Balaban J connectivity index is 1.90. The molecule has 22 heavy (non-hydrogen) atoms. The van der Waals surface area contributed by atoms with Gasteiger partial charge in [0.2, 0.25) is 0 Å². The van der Waals surface area contributed by atoms with Crippen molar-refractivity contribution < 1.29 is 0 Å². The minimum atomic E-state index is 0.319. The molecule has 0 bridgehead atoms. The van der Waals surface area contributed by atoms with Crippen molar-refractivity contribution in [3.63, 3.8) is 0 Å². The number of aromatic nitrogens is 2. The second-order valence-electron chi connectivity index (χ2n) is 7.51. The van der Waals surface area contributed by atoms with Crippen molar-refractivity contribution in [2.75, 3.05) is 0 Å². The fourth-order valence-electron chi connectivity index (χ4n) is 3.60. The van der Waals surface area contributed by atoms with Crippen LogP contribution in [0.2, 0.25) is 0 Å². The maximum absolute atomic E-state index is 4.90. The average molecular weight is 290 g/mol. The van der Waals surface area contributed by atoms with E-state index >= 15 is 0 Å². The van der Waals surface area contributed by atoms with E-state index in [0.29, 0.717) is 5.41 Å². The van der Waals surface area contributed by atoms with E-state index in [-0.39, 0.29) is 0 Å². The van der Waals surface area contributed by atoms with Crippen LogP contribution in [0.15, 0.2) is 42.5 Å². The molecule has 0 saturated carbocycles. The summed E-state index contributed by atoms with van der Waals surface area (Å²) >= 11 is 0. The molecule has 2 aromatic carbocycles. The standard InChI is InChI=1S/C20H22N2/c1-20(2,3)13-15-9-10-17-18-16(15)11-12-22(18)19(21-17)14-7-5-4-6-8-14/h4-10H,11-13H2,1-3H3. The first-order valence-electron chi connectivity index (χ1n) is 8.09. The predicted octanol–water partition coefficient (Wildman–Crippen LogP) is 4.85. The maximum atomic E-state index is 4.90. The van der Waals surface area contributed by atoms with Gasteiger partial charge in [0.05, 0.1) is 11.0 Å². The van der Waals surface area contributed by atoms with E-state index in [1.165, 1.54) is 22.2 Å². The van der Waals surface area contributed by atoms with Gasteiger partial charge < -0.3 is 4.57 Å². The second-order valence-corrected chi connectivity index (χ2v) is 7.51. The Labute approximate surface area is 131 Å². The highest BCUT2D eigenvalue weighted by atomic mass is 15.1. The molecule has 0 atom stereocenters. The highest BCUT2D eigenvalue weighted by Crippen LogP contribution is 2.35. The number of hydrogen-bond acceptors (Lipinski definition) is 1. The van der Waals surface area contributed by atoms with Gasteiger partial charge in [-0.05, 0) is 35.4 Å². The lowest BCUT2D eigenvalue weighted by molar-refractivity contribution is 0.410.